The van der Waals surface area contributed by atoms with Gasteiger partial charge >= 0.3 is 6.18 Å². The van der Waals surface area contributed by atoms with E-state index in [1.54, 1.807) is 6.92 Å². The van der Waals surface area contributed by atoms with E-state index >= 15 is 0 Å². The summed E-state index contributed by atoms with van der Waals surface area (Å²) in [6.45, 7) is 1.65. The fourth-order valence-corrected chi connectivity index (χ4v) is 3.04. The summed E-state index contributed by atoms with van der Waals surface area (Å²) >= 11 is 0. The van der Waals surface area contributed by atoms with Gasteiger partial charge in [-0.25, -0.2) is 9.97 Å². The minimum absolute atomic E-state index is 0.0627. The van der Waals surface area contributed by atoms with Crippen molar-refractivity contribution in [3.63, 3.8) is 0 Å². The second kappa shape index (κ2) is 6.19. The Bertz CT molecular complexity index is 1210. The summed E-state index contributed by atoms with van der Waals surface area (Å²) < 4.78 is 39.5. The highest BCUT2D eigenvalue weighted by molar-refractivity contribution is 6.02. The first-order valence-corrected chi connectivity index (χ1v) is 8.11. The maximum atomic E-state index is 13.2. The Morgan fingerprint density at radius 2 is 1.96 bits per heavy atom. The molecule has 0 bridgehead atoms. The van der Waals surface area contributed by atoms with Gasteiger partial charge in [-0.3, -0.25) is 9.89 Å². The summed E-state index contributed by atoms with van der Waals surface area (Å²) in [6, 6.07) is 4.80. The standard InChI is InChI=1S/C18H13F3N6O/c1-8-2-3-9(18(19,20)21)4-10(8)14-11(16(22)28)5-13(26-14)15-12-6-25-27-17(12)24-7-23-15/h2-7,26H,1H3,(H2,22,28)(H,23,24,25,27). The summed E-state index contributed by atoms with van der Waals surface area (Å²) in [4.78, 5) is 23.2. The van der Waals surface area contributed by atoms with Gasteiger partial charge in [0.1, 0.15) is 12.0 Å². The van der Waals surface area contributed by atoms with Gasteiger partial charge in [-0.15, -0.1) is 0 Å². The largest absolute Gasteiger partial charge is 0.416 e. The molecular weight excluding hydrogens is 373 g/mol. The van der Waals surface area contributed by atoms with E-state index in [-0.39, 0.29) is 16.8 Å². The second-order valence-corrected chi connectivity index (χ2v) is 6.22. The number of carbonyl (C=O) groups excluding carboxylic acids is 1. The van der Waals surface area contributed by atoms with E-state index in [0.717, 1.165) is 12.1 Å². The van der Waals surface area contributed by atoms with Gasteiger partial charge in [0.25, 0.3) is 5.91 Å². The molecule has 0 aliphatic carbocycles. The lowest BCUT2D eigenvalue weighted by atomic mass is 9.99. The van der Waals surface area contributed by atoms with Crippen molar-refractivity contribution in [1.29, 1.82) is 0 Å². The molecule has 1 amide bonds. The Kier molecular flexibility index (Phi) is 3.91. The van der Waals surface area contributed by atoms with Crippen LogP contribution in [0.2, 0.25) is 0 Å². The zero-order valence-corrected chi connectivity index (χ0v) is 14.4. The van der Waals surface area contributed by atoms with Crippen LogP contribution in [0.4, 0.5) is 13.2 Å². The predicted molar refractivity (Wildman–Crippen MR) is 95.2 cm³/mol. The molecule has 3 aromatic heterocycles. The average Bonchev–Trinajstić information content (AvgIpc) is 3.28. The molecule has 28 heavy (non-hydrogen) atoms. The van der Waals surface area contributed by atoms with E-state index in [1.165, 1.54) is 24.7 Å². The zero-order valence-electron chi connectivity index (χ0n) is 14.4. The van der Waals surface area contributed by atoms with Gasteiger partial charge in [0.15, 0.2) is 5.65 Å². The van der Waals surface area contributed by atoms with Crippen LogP contribution in [0.3, 0.4) is 0 Å². The molecule has 4 rings (SSSR count). The number of aromatic nitrogens is 5. The summed E-state index contributed by atoms with van der Waals surface area (Å²) in [6.07, 6.45) is -1.68. The molecule has 0 fully saturated rings. The lowest BCUT2D eigenvalue weighted by Gasteiger charge is -2.11. The third kappa shape index (κ3) is 2.88. The number of alkyl halides is 3. The number of nitrogens with zero attached hydrogens (tertiary/aromatic N) is 3. The molecule has 0 saturated carbocycles. The monoisotopic (exact) mass is 386 g/mol. The molecule has 0 unspecified atom stereocenters. The second-order valence-electron chi connectivity index (χ2n) is 6.22. The van der Waals surface area contributed by atoms with E-state index in [2.05, 4.69) is 25.1 Å². The molecule has 1 aromatic carbocycles. The number of hydrogen-bond acceptors (Lipinski definition) is 4. The molecule has 3 heterocycles. The molecule has 4 aromatic rings. The molecule has 0 aliphatic rings. The lowest BCUT2D eigenvalue weighted by molar-refractivity contribution is -0.137. The van der Waals surface area contributed by atoms with Crippen molar-refractivity contribution in [2.24, 2.45) is 5.73 Å². The summed E-state index contributed by atoms with van der Waals surface area (Å²) in [5, 5.41) is 7.20. The Balaban J connectivity index is 1.94. The number of halogens is 3. The first kappa shape index (κ1) is 17.7. The van der Waals surface area contributed by atoms with E-state index in [9.17, 15) is 18.0 Å². The van der Waals surface area contributed by atoms with Crippen LogP contribution in [-0.4, -0.2) is 31.1 Å². The Hall–Kier alpha value is -3.69. The smallest absolute Gasteiger partial charge is 0.366 e. The first-order chi connectivity index (χ1) is 13.3. The maximum Gasteiger partial charge on any atom is 0.416 e. The molecule has 10 heteroatoms. The number of H-pyrrole nitrogens is 2. The van der Waals surface area contributed by atoms with Crippen LogP contribution in [0, 0.1) is 6.92 Å². The van der Waals surface area contributed by atoms with Crippen molar-refractivity contribution in [3.8, 4) is 22.6 Å². The summed E-state index contributed by atoms with van der Waals surface area (Å²) in [5.74, 6) is -0.771. The van der Waals surface area contributed by atoms with Gasteiger partial charge in [0, 0.05) is 5.56 Å². The topological polar surface area (TPSA) is 113 Å². The highest BCUT2D eigenvalue weighted by atomic mass is 19.4. The number of primary amides is 1. The van der Waals surface area contributed by atoms with Gasteiger partial charge in [-0.1, -0.05) is 6.07 Å². The van der Waals surface area contributed by atoms with Crippen molar-refractivity contribution >= 4 is 16.9 Å². The van der Waals surface area contributed by atoms with E-state index in [1.807, 2.05) is 0 Å². The van der Waals surface area contributed by atoms with Crippen LogP contribution < -0.4 is 5.73 Å². The molecule has 0 radical (unpaired) electrons. The minimum atomic E-state index is -4.51. The number of nitrogens with two attached hydrogens (primary N) is 1. The molecule has 0 atom stereocenters. The average molecular weight is 386 g/mol. The third-order valence-electron chi connectivity index (χ3n) is 4.42. The van der Waals surface area contributed by atoms with E-state index < -0.39 is 17.6 Å². The number of aryl methyl sites for hydroxylation is 1. The predicted octanol–water partition coefficient (Wildman–Crippen LogP) is 3.44. The fourth-order valence-electron chi connectivity index (χ4n) is 3.04. The SMILES string of the molecule is Cc1ccc(C(F)(F)F)cc1-c1[nH]c(-c2ncnc3[nH]ncc23)cc1C(N)=O. The van der Waals surface area contributed by atoms with Crippen molar-refractivity contribution < 1.29 is 18.0 Å². The number of fused-ring (bicyclic) bond motifs is 1. The van der Waals surface area contributed by atoms with Crippen molar-refractivity contribution in [3.05, 3.63) is 53.5 Å². The quantitative estimate of drug-likeness (QED) is 0.500. The van der Waals surface area contributed by atoms with Crippen molar-refractivity contribution in [2.45, 2.75) is 13.1 Å². The van der Waals surface area contributed by atoms with E-state index in [0.29, 0.717) is 28.0 Å². The van der Waals surface area contributed by atoms with Crippen LogP contribution in [0.5, 0.6) is 0 Å². The van der Waals surface area contributed by atoms with Crippen molar-refractivity contribution in [2.75, 3.05) is 0 Å². The lowest BCUT2D eigenvalue weighted by Crippen LogP contribution is -2.11. The highest BCUT2D eigenvalue weighted by Gasteiger charge is 2.31. The van der Waals surface area contributed by atoms with Crippen molar-refractivity contribution in [1.82, 2.24) is 25.1 Å². The minimum Gasteiger partial charge on any atom is -0.366 e. The summed E-state index contributed by atoms with van der Waals surface area (Å²) in [5.41, 5.74) is 7.04. The molecule has 4 N–H and O–H groups in total. The molecule has 7 nitrogen and oxygen atoms in total. The molecule has 0 saturated heterocycles. The zero-order chi connectivity index (χ0) is 20.1. The number of hydrogen-bond donors (Lipinski definition) is 3. The van der Waals surface area contributed by atoms with Crippen LogP contribution in [0.15, 0.2) is 36.8 Å². The fraction of sp³-hybridized carbons (Fsp3) is 0.111. The number of nitrogens with one attached hydrogen (secondary N) is 2. The van der Waals surface area contributed by atoms with Crippen LogP contribution >= 0.6 is 0 Å². The highest BCUT2D eigenvalue weighted by Crippen LogP contribution is 2.36. The number of amides is 1. The molecule has 0 spiro atoms. The Labute approximate surface area is 155 Å². The van der Waals surface area contributed by atoms with Crippen LogP contribution in [0.1, 0.15) is 21.5 Å². The molecule has 0 aliphatic heterocycles. The third-order valence-corrected chi connectivity index (χ3v) is 4.42. The maximum absolute atomic E-state index is 13.2. The Morgan fingerprint density at radius 1 is 1.18 bits per heavy atom. The van der Waals surface area contributed by atoms with E-state index in [4.69, 9.17) is 5.73 Å². The van der Waals surface area contributed by atoms with Gasteiger partial charge < -0.3 is 10.7 Å². The number of carbonyl (C=O) groups is 1. The normalized spacial score (nSPS) is 11.9. The number of benzene rings is 1. The van der Waals surface area contributed by atoms with Gasteiger partial charge in [-0.05, 0) is 30.7 Å². The number of rotatable bonds is 3. The molecule has 142 valence electrons. The van der Waals surface area contributed by atoms with Gasteiger partial charge in [0.2, 0.25) is 0 Å². The summed E-state index contributed by atoms with van der Waals surface area (Å²) in [7, 11) is 0. The first-order valence-electron chi connectivity index (χ1n) is 8.11. The van der Waals surface area contributed by atoms with Crippen LogP contribution in [-0.2, 0) is 6.18 Å². The van der Waals surface area contributed by atoms with Gasteiger partial charge in [0.05, 0.1) is 34.1 Å². The Morgan fingerprint density at radius 3 is 2.68 bits per heavy atom. The van der Waals surface area contributed by atoms with Crippen LogP contribution in [0.25, 0.3) is 33.7 Å². The van der Waals surface area contributed by atoms with Gasteiger partial charge in [-0.2, -0.15) is 18.3 Å². The number of aromatic amines is 2. The molecular formula is C18H13F3N6O.